The van der Waals surface area contributed by atoms with E-state index in [1.807, 2.05) is 31.2 Å². The highest BCUT2D eigenvalue weighted by molar-refractivity contribution is 7.98. The van der Waals surface area contributed by atoms with Gasteiger partial charge in [0.1, 0.15) is 11.6 Å². The number of rotatable bonds is 5. The first-order chi connectivity index (χ1) is 14.1. The van der Waals surface area contributed by atoms with Crippen LogP contribution in [0.3, 0.4) is 0 Å². The highest BCUT2D eigenvalue weighted by Crippen LogP contribution is 2.25. The van der Waals surface area contributed by atoms with Gasteiger partial charge < -0.3 is 9.15 Å². The van der Waals surface area contributed by atoms with Crippen LogP contribution in [0.4, 0.5) is 0 Å². The normalized spacial score (nSPS) is 11.0. The van der Waals surface area contributed by atoms with Gasteiger partial charge in [-0.15, -0.1) is 0 Å². The molecule has 4 rings (SSSR count). The van der Waals surface area contributed by atoms with Crippen LogP contribution in [0, 0.1) is 6.92 Å². The van der Waals surface area contributed by atoms with E-state index in [-0.39, 0.29) is 11.3 Å². The number of aromatic nitrogens is 3. The molecule has 146 valence electrons. The molecule has 0 aliphatic carbocycles. The lowest BCUT2D eigenvalue weighted by Gasteiger charge is -2.12. The maximum atomic E-state index is 13.2. The van der Waals surface area contributed by atoms with Crippen molar-refractivity contribution in [3.63, 3.8) is 0 Å². The van der Waals surface area contributed by atoms with Crippen LogP contribution in [0.5, 0.6) is 0 Å². The maximum absolute atomic E-state index is 13.2. The van der Waals surface area contributed by atoms with E-state index >= 15 is 0 Å². The minimum Gasteiger partial charge on any atom is -0.463 e. The van der Waals surface area contributed by atoms with Crippen molar-refractivity contribution in [3.8, 4) is 5.82 Å². The molecular formula is C21H17N3O4S. The molecule has 4 aromatic rings. The van der Waals surface area contributed by atoms with Crippen LogP contribution in [0.15, 0.2) is 69.1 Å². The summed E-state index contributed by atoms with van der Waals surface area (Å²) in [6.07, 6.45) is 1.66. The standard InChI is InChI=1S/C21H17N3O4S/c1-13-9-10-22-18(11-13)24-19(25)15-5-3-4-6-16(15)23-21(24)29-12-14-7-8-17(28-14)20(26)27-2/h3-11H,12H2,1-2H3. The Labute approximate surface area is 170 Å². The molecule has 0 saturated heterocycles. The van der Waals surface area contributed by atoms with Crippen molar-refractivity contribution in [2.75, 3.05) is 7.11 Å². The average molecular weight is 407 g/mol. The molecule has 0 atom stereocenters. The number of thioether (sulfide) groups is 1. The van der Waals surface area contributed by atoms with Crippen LogP contribution in [-0.2, 0) is 10.5 Å². The number of carbonyl (C=O) groups excluding carboxylic acids is 1. The first-order valence-electron chi connectivity index (χ1n) is 8.81. The number of nitrogens with zero attached hydrogens (tertiary/aromatic N) is 3. The van der Waals surface area contributed by atoms with Crippen molar-refractivity contribution in [2.24, 2.45) is 0 Å². The number of benzene rings is 1. The molecule has 0 aliphatic rings. The van der Waals surface area contributed by atoms with E-state index in [2.05, 4.69) is 14.7 Å². The molecular weight excluding hydrogens is 390 g/mol. The summed E-state index contributed by atoms with van der Waals surface area (Å²) in [5.74, 6) is 1.05. The van der Waals surface area contributed by atoms with Crippen molar-refractivity contribution < 1.29 is 13.9 Å². The second-order valence-electron chi connectivity index (χ2n) is 6.29. The summed E-state index contributed by atoms with van der Waals surface area (Å²) >= 11 is 1.33. The van der Waals surface area contributed by atoms with E-state index < -0.39 is 5.97 Å². The first-order valence-corrected chi connectivity index (χ1v) is 9.80. The van der Waals surface area contributed by atoms with Gasteiger partial charge in [0.05, 0.1) is 23.8 Å². The number of pyridine rings is 1. The monoisotopic (exact) mass is 407 g/mol. The van der Waals surface area contributed by atoms with Crippen LogP contribution in [0.1, 0.15) is 21.9 Å². The Kier molecular flexibility index (Phi) is 5.18. The van der Waals surface area contributed by atoms with E-state index in [1.165, 1.54) is 23.4 Å². The van der Waals surface area contributed by atoms with E-state index in [9.17, 15) is 9.59 Å². The third-order valence-electron chi connectivity index (χ3n) is 4.27. The highest BCUT2D eigenvalue weighted by Gasteiger charge is 2.16. The number of ether oxygens (including phenoxy) is 1. The van der Waals surface area contributed by atoms with Gasteiger partial charge in [-0.1, -0.05) is 23.9 Å². The Morgan fingerprint density at radius 2 is 2.03 bits per heavy atom. The zero-order valence-electron chi connectivity index (χ0n) is 15.8. The third-order valence-corrected chi connectivity index (χ3v) is 5.23. The van der Waals surface area contributed by atoms with Crippen LogP contribution in [0.25, 0.3) is 16.7 Å². The summed E-state index contributed by atoms with van der Waals surface area (Å²) in [5, 5.41) is 1.01. The van der Waals surface area contributed by atoms with E-state index in [0.29, 0.717) is 33.4 Å². The predicted octanol–water partition coefficient (Wildman–Crippen LogP) is 3.76. The minimum absolute atomic E-state index is 0.132. The molecule has 0 spiro atoms. The van der Waals surface area contributed by atoms with E-state index in [0.717, 1.165) is 5.56 Å². The smallest absolute Gasteiger partial charge is 0.373 e. The highest BCUT2D eigenvalue weighted by atomic mass is 32.2. The molecule has 3 heterocycles. The van der Waals surface area contributed by atoms with Crippen LogP contribution >= 0.6 is 11.8 Å². The number of methoxy groups -OCH3 is 1. The van der Waals surface area contributed by atoms with Gasteiger partial charge in [-0.3, -0.25) is 4.79 Å². The van der Waals surface area contributed by atoms with Crippen LogP contribution in [-0.4, -0.2) is 27.6 Å². The Hall–Kier alpha value is -3.39. The Morgan fingerprint density at radius 3 is 2.83 bits per heavy atom. The molecule has 7 nitrogen and oxygen atoms in total. The fourth-order valence-electron chi connectivity index (χ4n) is 2.86. The lowest BCUT2D eigenvalue weighted by Crippen LogP contribution is -2.22. The summed E-state index contributed by atoms with van der Waals surface area (Å²) in [6.45, 7) is 1.94. The first kappa shape index (κ1) is 18.9. The van der Waals surface area contributed by atoms with Gasteiger partial charge in [0.2, 0.25) is 5.76 Å². The van der Waals surface area contributed by atoms with Gasteiger partial charge in [-0.05, 0) is 48.9 Å². The molecule has 1 aromatic carbocycles. The Bertz CT molecular complexity index is 1260. The quantitative estimate of drug-likeness (QED) is 0.283. The average Bonchev–Trinajstić information content (AvgIpc) is 3.21. The fourth-order valence-corrected chi connectivity index (χ4v) is 3.75. The Balaban J connectivity index is 1.76. The number of fused-ring (bicyclic) bond motifs is 1. The lowest BCUT2D eigenvalue weighted by molar-refractivity contribution is 0.0563. The SMILES string of the molecule is COC(=O)c1ccc(CSc2nc3ccccc3c(=O)n2-c2cc(C)ccn2)o1. The molecule has 0 radical (unpaired) electrons. The predicted molar refractivity (Wildman–Crippen MR) is 109 cm³/mol. The minimum atomic E-state index is -0.536. The summed E-state index contributed by atoms with van der Waals surface area (Å²) in [7, 11) is 1.30. The van der Waals surface area contributed by atoms with Gasteiger partial charge in [0.15, 0.2) is 5.16 Å². The van der Waals surface area contributed by atoms with Crippen molar-refractivity contribution in [2.45, 2.75) is 17.8 Å². The third kappa shape index (κ3) is 3.79. The molecule has 0 N–H and O–H groups in total. The maximum Gasteiger partial charge on any atom is 0.373 e. The summed E-state index contributed by atoms with van der Waals surface area (Å²) in [6, 6.07) is 14.2. The summed E-state index contributed by atoms with van der Waals surface area (Å²) < 4.78 is 11.7. The number of aryl methyl sites for hydroxylation is 1. The van der Waals surface area contributed by atoms with Gasteiger partial charge in [0, 0.05) is 6.20 Å². The van der Waals surface area contributed by atoms with Crippen molar-refractivity contribution in [1.29, 1.82) is 0 Å². The molecule has 3 aromatic heterocycles. The van der Waals surface area contributed by atoms with Crippen molar-refractivity contribution >= 4 is 28.6 Å². The summed E-state index contributed by atoms with van der Waals surface area (Å²) in [4.78, 5) is 33.8. The van der Waals surface area contributed by atoms with Crippen molar-refractivity contribution in [1.82, 2.24) is 14.5 Å². The number of hydrogen-bond acceptors (Lipinski definition) is 7. The topological polar surface area (TPSA) is 87.2 Å². The number of para-hydroxylation sites is 1. The molecule has 0 aliphatic heterocycles. The van der Waals surface area contributed by atoms with Gasteiger partial charge in [0.25, 0.3) is 5.56 Å². The van der Waals surface area contributed by atoms with Crippen LogP contribution < -0.4 is 5.56 Å². The molecule has 29 heavy (non-hydrogen) atoms. The zero-order valence-corrected chi connectivity index (χ0v) is 16.6. The second kappa shape index (κ2) is 7.92. The van der Waals surface area contributed by atoms with Crippen LogP contribution in [0.2, 0.25) is 0 Å². The molecule has 0 amide bonds. The number of hydrogen-bond donors (Lipinski definition) is 0. The van der Waals surface area contributed by atoms with Crippen molar-refractivity contribution in [3.05, 3.63) is 82.2 Å². The van der Waals surface area contributed by atoms with Gasteiger partial charge >= 0.3 is 5.97 Å². The molecule has 0 unspecified atom stereocenters. The number of esters is 1. The van der Waals surface area contributed by atoms with E-state index in [1.54, 1.807) is 30.5 Å². The molecule has 0 fully saturated rings. The lowest BCUT2D eigenvalue weighted by atomic mass is 10.2. The number of carbonyl (C=O) groups is 1. The second-order valence-corrected chi connectivity index (χ2v) is 7.23. The van der Waals surface area contributed by atoms with Gasteiger partial charge in [-0.25, -0.2) is 19.3 Å². The van der Waals surface area contributed by atoms with Gasteiger partial charge in [-0.2, -0.15) is 0 Å². The zero-order chi connectivity index (χ0) is 20.4. The molecule has 8 heteroatoms. The van der Waals surface area contributed by atoms with E-state index in [4.69, 9.17) is 4.42 Å². The largest absolute Gasteiger partial charge is 0.463 e. The Morgan fingerprint density at radius 1 is 1.21 bits per heavy atom. The summed E-state index contributed by atoms with van der Waals surface area (Å²) in [5.41, 5.74) is 1.41. The molecule has 0 saturated carbocycles. The fraction of sp³-hybridized carbons (Fsp3) is 0.143. The molecule has 0 bridgehead atoms. The number of furan rings is 1.